The molecule has 5 nitrogen and oxygen atoms in total. The van der Waals surface area contributed by atoms with E-state index in [9.17, 15) is 4.79 Å². The quantitative estimate of drug-likeness (QED) is 0.841. The highest BCUT2D eigenvalue weighted by Gasteiger charge is 2.41. The third-order valence-corrected chi connectivity index (χ3v) is 4.96. The topological polar surface area (TPSA) is 53.1 Å². The smallest absolute Gasteiger partial charge is 0.336 e. The third kappa shape index (κ3) is 2.92. The molecule has 1 aromatic heterocycles. The summed E-state index contributed by atoms with van der Waals surface area (Å²) < 4.78 is 16.9. The van der Waals surface area contributed by atoms with Crippen molar-refractivity contribution in [1.82, 2.24) is 0 Å². The van der Waals surface area contributed by atoms with Gasteiger partial charge in [0, 0.05) is 17.0 Å². The minimum absolute atomic E-state index is 0.272. The maximum Gasteiger partial charge on any atom is 0.336 e. The SMILES string of the molecule is Cc1ccc2oc(=O)cc(C[NH+]3CCC4(CC3)OCCO4)c2c1. The van der Waals surface area contributed by atoms with Crippen LogP contribution in [0, 0.1) is 6.92 Å². The zero-order chi connectivity index (χ0) is 15.9. The summed E-state index contributed by atoms with van der Waals surface area (Å²) in [5.74, 6) is -0.335. The predicted octanol–water partition coefficient (Wildman–Crippen LogP) is 1.02. The van der Waals surface area contributed by atoms with Gasteiger partial charge in [0.2, 0.25) is 0 Å². The summed E-state index contributed by atoms with van der Waals surface area (Å²) in [7, 11) is 0. The Morgan fingerprint density at radius 2 is 1.87 bits per heavy atom. The molecule has 0 bridgehead atoms. The van der Waals surface area contributed by atoms with Crippen LogP contribution in [0.15, 0.2) is 33.5 Å². The lowest BCUT2D eigenvalue weighted by molar-refractivity contribution is -0.922. The number of hydrogen-bond acceptors (Lipinski definition) is 4. The molecule has 3 heterocycles. The van der Waals surface area contributed by atoms with Crippen molar-refractivity contribution >= 4 is 11.0 Å². The Bertz CT molecular complexity index is 766. The van der Waals surface area contributed by atoms with Gasteiger partial charge in [0.15, 0.2) is 5.79 Å². The second-order valence-electron chi connectivity index (χ2n) is 6.62. The van der Waals surface area contributed by atoms with Crippen LogP contribution in [-0.2, 0) is 16.0 Å². The van der Waals surface area contributed by atoms with Crippen LogP contribution in [0.5, 0.6) is 0 Å². The number of benzene rings is 1. The molecule has 2 aliphatic rings. The maximum atomic E-state index is 11.8. The summed E-state index contributed by atoms with van der Waals surface area (Å²) in [5, 5.41) is 1.05. The van der Waals surface area contributed by atoms with Gasteiger partial charge in [-0.3, -0.25) is 0 Å². The molecule has 0 aliphatic carbocycles. The first-order valence-corrected chi connectivity index (χ1v) is 8.28. The average molecular weight is 316 g/mol. The van der Waals surface area contributed by atoms with E-state index in [4.69, 9.17) is 13.9 Å². The first kappa shape index (κ1) is 14.9. The van der Waals surface area contributed by atoms with E-state index in [1.165, 1.54) is 10.5 Å². The van der Waals surface area contributed by atoms with Gasteiger partial charge in [0.1, 0.15) is 12.1 Å². The van der Waals surface area contributed by atoms with Gasteiger partial charge in [-0.2, -0.15) is 0 Å². The standard InChI is InChI=1S/C18H21NO4/c1-13-2-3-16-15(10-13)14(11-17(20)23-16)12-19-6-4-18(5-7-19)21-8-9-22-18/h2-3,10-11H,4-9,12H2,1H3/p+1. The van der Waals surface area contributed by atoms with Crippen LogP contribution in [-0.4, -0.2) is 32.1 Å². The van der Waals surface area contributed by atoms with Gasteiger partial charge < -0.3 is 18.8 Å². The lowest BCUT2D eigenvalue weighted by Gasteiger charge is -2.35. The predicted molar refractivity (Wildman–Crippen MR) is 85.5 cm³/mol. The highest BCUT2D eigenvalue weighted by Crippen LogP contribution is 2.27. The van der Waals surface area contributed by atoms with Crippen LogP contribution in [0.25, 0.3) is 11.0 Å². The molecule has 1 spiro atoms. The zero-order valence-corrected chi connectivity index (χ0v) is 13.4. The monoisotopic (exact) mass is 316 g/mol. The number of likely N-dealkylation sites (tertiary alicyclic amines) is 1. The lowest BCUT2D eigenvalue weighted by Crippen LogP contribution is -3.12. The highest BCUT2D eigenvalue weighted by molar-refractivity contribution is 5.80. The van der Waals surface area contributed by atoms with Gasteiger partial charge in [0.25, 0.3) is 0 Å². The van der Waals surface area contributed by atoms with Crippen LogP contribution >= 0.6 is 0 Å². The molecule has 122 valence electrons. The van der Waals surface area contributed by atoms with E-state index >= 15 is 0 Å². The van der Waals surface area contributed by atoms with Crippen molar-refractivity contribution < 1.29 is 18.8 Å². The summed E-state index contributed by atoms with van der Waals surface area (Å²) in [4.78, 5) is 13.3. The molecule has 0 amide bonds. The number of rotatable bonds is 2. The summed E-state index contributed by atoms with van der Waals surface area (Å²) in [5.41, 5.74) is 2.65. The van der Waals surface area contributed by atoms with Crippen LogP contribution in [0.2, 0.25) is 0 Å². The third-order valence-electron chi connectivity index (χ3n) is 4.96. The Morgan fingerprint density at radius 3 is 2.61 bits per heavy atom. The van der Waals surface area contributed by atoms with Crippen LogP contribution < -0.4 is 10.5 Å². The summed E-state index contributed by atoms with van der Waals surface area (Å²) in [6, 6.07) is 7.60. The second kappa shape index (κ2) is 5.74. The Morgan fingerprint density at radius 1 is 1.13 bits per heavy atom. The van der Waals surface area contributed by atoms with Crippen molar-refractivity contribution in [2.75, 3.05) is 26.3 Å². The van der Waals surface area contributed by atoms with Crippen molar-refractivity contribution in [3.63, 3.8) is 0 Å². The number of piperidine rings is 1. The number of fused-ring (bicyclic) bond motifs is 1. The highest BCUT2D eigenvalue weighted by atomic mass is 16.7. The first-order valence-electron chi connectivity index (χ1n) is 8.28. The van der Waals surface area contributed by atoms with Crippen molar-refractivity contribution in [1.29, 1.82) is 0 Å². The summed E-state index contributed by atoms with van der Waals surface area (Å²) >= 11 is 0. The van der Waals surface area contributed by atoms with E-state index in [-0.39, 0.29) is 11.4 Å². The molecule has 23 heavy (non-hydrogen) atoms. The minimum atomic E-state index is -0.335. The van der Waals surface area contributed by atoms with Gasteiger partial charge in [-0.25, -0.2) is 4.79 Å². The molecular formula is C18H22NO4+. The molecule has 2 saturated heterocycles. The summed E-state index contributed by atoms with van der Waals surface area (Å²) in [6.45, 7) is 6.29. The van der Waals surface area contributed by atoms with Crippen molar-refractivity contribution in [3.05, 3.63) is 45.8 Å². The molecule has 1 aromatic carbocycles. The largest absolute Gasteiger partial charge is 0.423 e. The lowest BCUT2D eigenvalue weighted by atomic mass is 10.0. The van der Waals surface area contributed by atoms with Crippen molar-refractivity contribution in [3.8, 4) is 0 Å². The van der Waals surface area contributed by atoms with Crippen LogP contribution in [0.4, 0.5) is 0 Å². The van der Waals surface area contributed by atoms with E-state index in [1.54, 1.807) is 6.07 Å². The van der Waals surface area contributed by atoms with E-state index in [0.717, 1.165) is 43.4 Å². The first-order chi connectivity index (χ1) is 11.1. The normalized spacial score (nSPS) is 21.3. The Hall–Kier alpha value is -1.69. The fraction of sp³-hybridized carbons (Fsp3) is 0.500. The Kier molecular flexibility index (Phi) is 3.71. The summed E-state index contributed by atoms with van der Waals surface area (Å²) in [6.07, 6.45) is 1.83. The molecular weight excluding hydrogens is 294 g/mol. The fourth-order valence-corrected chi connectivity index (χ4v) is 3.70. The molecule has 2 aliphatic heterocycles. The molecule has 0 atom stereocenters. The number of quaternary nitrogens is 1. The Labute approximate surface area is 134 Å². The molecule has 2 aromatic rings. The van der Waals surface area contributed by atoms with Gasteiger partial charge in [0.05, 0.1) is 39.1 Å². The number of ether oxygens (including phenoxy) is 2. The van der Waals surface area contributed by atoms with E-state index < -0.39 is 0 Å². The number of hydrogen-bond donors (Lipinski definition) is 1. The average Bonchev–Trinajstić information content (AvgIpc) is 2.99. The molecule has 5 heteroatoms. The Balaban J connectivity index is 1.56. The van der Waals surface area contributed by atoms with E-state index in [0.29, 0.717) is 18.8 Å². The van der Waals surface area contributed by atoms with Crippen LogP contribution in [0.1, 0.15) is 24.0 Å². The van der Waals surface area contributed by atoms with Crippen molar-refractivity contribution in [2.24, 2.45) is 0 Å². The van der Waals surface area contributed by atoms with Gasteiger partial charge >= 0.3 is 5.63 Å². The zero-order valence-electron chi connectivity index (χ0n) is 13.4. The molecule has 0 saturated carbocycles. The van der Waals surface area contributed by atoms with Gasteiger partial charge in [-0.05, 0) is 19.1 Å². The van der Waals surface area contributed by atoms with Crippen LogP contribution in [0.3, 0.4) is 0 Å². The number of nitrogens with one attached hydrogen (secondary N) is 1. The molecule has 1 N–H and O–H groups in total. The fourth-order valence-electron chi connectivity index (χ4n) is 3.70. The minimum Gasteiger partial charge on any atom is -0.423 e. The van der Waals surface area contributed by atoms with Crippen molar-refractivity contribution in [2.45, 2.75) is 32.1 Å². The molecule has 0 unspecified atom stereocenters. The van der Waals surface area contributed by atoms with E-state index in [2.05, 4.69) is 13.0 Å². The maximum absolute atomic E-state index is 11.8. The number of aryl methyl sites for hydroxylation is 1. The molecule has 4 rings (SSSR count). The molecule has 0 radical (unpaired) electrons. The van der Waals surface area contributed by atoms with Gasteiger partial charge in [-0.15, -0.1) is 0 Å². The molecule has 2 fully saturated rings. The van der Waals surface area contributed by atoms with E-state index in [1.807, 2.05) is 12.1 Å². The van der Waals surface area contributed by atoms with Gasteiger partial charge in [-0.1, -0.05) is 11.6 Å². The second-order valence-corrected chi connectivity index (χ2v) is 6.62.